The van der Waals surface area contributed by atoms with Crippen LogP contribution in [0, 0.1) is 12.7 Å². The van der Waals surface area contributed by atoms with E-state index >= 15 is 0 Å². The molecule has 2 aromatic carbocycles. The van der Waals surface area contributed by atoms with Crippen LogP contribution in [-0.4, -0.2) is 17.4 Å². The molecule has 1 heterocycles. The number of hydrogen-bond acceptors (Lipinski definition) is 4. The second kappa shape index (κ2) is 9.10. The van der Waals surface area contributed by atoms with Crippen molar-refractivity contribution >= 4 is 5.91 Å². The molecule has 0 spiro atoms. The Hall–Kier alpha value is -3.25. The molecule has 0 saturated carbocycles. The Labute approximate surface area is 163 Å². The van der Waals surface area contributed by atoms with E-state index in [9.17, 15) is 9.18 Å². The lowest BCUT2D eigenvalue weighted by atomic mass is 10.1. The predicted octanol–water partition coefficient (Wildman–Crippen LogP) is 3.75. The zero-order chi connectivity index (χ0) is 19.9. The van der Waals surface area contributed by atoms with Crippen LogP contribution < -0.4 is 15.8 Å². The molecule has 5 nitrogen and oxygen atoms in total. The van der Waals surface area contributed by atoms with Gasteiger partial charge in [-0.15, -0.1) is 0 Å². The largest absolute Gasteiger partial charge is 0.439 e. The van der Waals surface area contributed by atoms with Crippen LogP contribution in [0.2, 0.25) is 0 Å². The number of rotatable bonds is 8. The van der Waals surface area contributed by atoms with Crippen molar-refractivity contribution in [2.45, 2.75) is 19.9 Å². The Kier molecular flexibility index (Phi) is 6.34. The number of halogens is 1. The maximum Gasteiger partial charge on any atom is 0.250 e. The van der Waals surface area contributed by atoms with E-state index < -0.39 is 5.91 Å². The summed E-state index contributed by atoms with van der Waals surface area (Å²) in [5.74, 6) is 0.365. The van der Waals surface area contributed by atoms with Crippen molar-refractivity contribution < 1.29 is 13.9 Å². The molecule has 0 saturated heterocycles. The summed E-state index contributed by atoms with van der Waals surface area (Å²) in [5, 5.41) is 3.36. The number of aryl methyl sites for hydroxylation is 1. The first-order valence-corrected chi connectivity index (χ1v) is 8.99. The normalized spacial score (nSPS) is 10.6. The molecule has 28 heavy (non-hydrogen) atoms. The average molecular weight is 379 g/mol. The van der Waals surface area contributed by atoms with Crippen molar-refractivity contribution in [1.82, 2.24) is 10.3 Å². The topological polar surface area (TPSA) is 77.2 Å². The van der Waals surface area contributed by atoms with E-state index in [1.54, 1.807) is 24.3 Å². The van der Waals surface area contributed by atoms with Crippen LogP contribution in [0.1, 0.15) is 27.0 Å². The Morgan fingerprint density at radius 1 is 1.14 bits per heavy atom. The van der Waals surface area contributed by atoms with E-state index in [4.69, 9.17) is 10.5 Å². The van der Waals surface area contributed by atoms with Gasteiger partial charge < -0.3 is 15.8 Å². The monoisotopic (exact) mass is 379 g/mol. The number of primary amides is 1. The first kappa shape index (κ1) is 19.5. The number of hydrogen-bond donors (Lipinski definition) is 2. The molecule has 0 aliphatic rings. The number of nitrogens with one attached hydrogen (secondary N) is 1. The van der Waals surface area contributed by atoms with Gasteiger partial charge in [-0.3, -0.25) is 4.79 Å². The van der Waals surface area contributed by atoms with Crippen molar-refractivity contribution in [3.05, 3.63) is 88.9 Å². The molecule has 0 unspecified atom stereocenters. The van der Waals surface area contributed by atoms with Gasteiger partial charge in [0.1, 0.15) is 11.6 Å². The van der Waals surface area contributed by atoms with Crippen LogP contribution in [0.15, 0.2) is 60.8 Å². The minimum atomic E-state index is -0.524. The fourth-order valence-corrected chi connectivity index (χ4v) is 2.79. The number of nitrogens with zero attached hydrogens (tertiary/aromatic N) is 1. The number of pyridine rings is 1. The summed E-state index contributed by atoms with van der Waals surface area (Å²) in [6.07, 6.45) is 2.16. The van der Waals surface area contributed by atoms with Crippen LogP contribution >= 0.6 is 0 Å². The first-order chi connectivity index (χ1) is 13.5. The average Bonchev–Trinajstić information content (AvgIpc) is 2.68. The van der Waals surface area contributed by atoms with Gasteiger partial charge in [0, 0.05) is 18.8 Å². The predicted molar refractivity (Wildman–Crippen MR) is 106 cm³/mol. The van der Waals surface area contributed by atoms with Gasteiger partial charge in [0.15, 0.2) is 0 Å². The van der Waals surface area contributed by atoms with Crippen LogP contribution in [0.25, 0.3) is 0 Å². The van der Waals surface area contributed by atoms with E-state index in [2.05, 4.69) is 10.3 Å². The molecular weight excluding hydrogens is 357 g/mol. The Balaban J connectivity index is 1.52. The van der Waals surface area contributed by atoms with Gasteiger partial charge in [0.25, 0.3) is 0 Å². The number of aromatic nitrogens is 1. The van der Waals surface area contributed by atoms with Gasteiger partial charge >= 0.3 is 0 Å². The lowest BCUT2D eigenvalue weighted by Gasteiger charge is -2.11. The molecule has 0 atom stereocenters. The smallest absolute Gasteiger partial charge is 0.250 e. The zero-order valence-corrected chi connectivity index (χ0v) is 15.6. The fraction of sp³-hybridized carbons (Fsp3) is 0.182. The molecule has 144 valence electrons. The molecule has 6 heteroatoms. The maximum absolute atomic E-state index is 13.2. The fourth-order valence-electron chi connectivity index (χ4n) is 2.79. The molecule has 0 fully saturated rings. The SMILES string of the molecule is Cc1cc(CNCCc2cccc(F)c2)ccc1Oc1ccc(C(N)=O)cn1. The molecule has 0 bridgehead atoms. The summed E-state index contributed by atoms with van der Waals surface area (Å²) in [6, 6.07) is 15.8. The molecule has 1 amide bonds. The van der Waals surface area contributed by atoms with Crippen molar-refractivity contribution in [1.29, 1.82) is 0 Å². The van der Waals surface area contributed by atoms with E-state index in [1.807, 2.05) is 31.2 Å². The van der Waals surface area contributed by atoms with E-state index in [0.717, 1.165) is 29.7 Å². The molecule has 0 aliphatic heterocycles. The number of benzene rings is 2. The highest BCUT2D eigenvalue weighted by molar-refractivity contribution is 5.92. The third-order valence-electron chi connectivity index (χ3n) is 4.28. The Morgan fingerprint density at radius 2 is 2.00 bits per heavy atom. The quantitative estimate of drug-likeness (QED) is 0.585. The summed E-state index contributed by atoms with van der Waals surface area (Å²) in [5.41, 5.74) is 8.62. The van der Waals surface area contributed by atoms with Crippen molar-refractivity contribution in [3.63, 3.8) is 0 Å². The number of carbonyl (C=O) groups is 1. The standard InChI is InChI=1S/C22H22FN3O2/c1-15-11-17(13-25-10-9-16-3-2-4-19(23)12-16)5-7-20(15)28-21-8-6-18(14-26-21)22(24)27/h2-8,11-12,14,25H,9-10,13H2,1H3,(H2,24,27). The highest BCUT2D eigenvalue weighted by atomic mass is 19.1. The summed E-state index contributed by atoms with van der Waals surface area (Å²) < 4.78 is 19.0. The molecule has 3 aromatic rings. The summed E-state index contributed by atoms with van der Waals surface area (Å²) in [4.78, 5) is 15.2. The van der Waals surface area contributed by atoms with Crippen LogP contribution in [-0.2, 0) is 13.0 Å². The molecule has 3 N–H and O–H groups in total. The van der Waals surface area contributed by atoms with E-state index in [-0.39, 0.29) is 5.82 Å². The number of ether oxygens (including phenoxy) is 1. The lowest BCUT2D eigenvalue weighted by molar-refractivity contribution is 0.1000. The number of amides is 1. The van der Waals surface area contributed by atoms with Crippen LogP contribution in [0.5, 0.6) is 11.6 Å². The molecular formula is C22H22FN3O2. The summed E-state index contributed by atoms with van der Waals surface area (Å²) in [6.45, 7) is 3.43. The Morgan fingerprint density at radius 3 is 2.68 bits per heavy atom. The third-order valence-corrected chi connectivity index (χ3v) is 4.28. The maximum atomic E-state index is 13.2. The van der Waals surface area contributed by atoms with Crippen molar-refractivity contribution in [2.24, 2.45) is 5.73 Å². The van der Waals surface area contributed by atoms with Gasteiger partial charge in [-0.25, -0.2) is 9.37 Å². The van der Waals surface area contributed by atoms with Crippen molar-refractivity contribution in [2.75, 3.05) is 6.54 Å². The summed E-state index contributed by atoms with van der Waals surface area (Å²) in [7, 11) is 0. The second-order valence-electron chi connectivity index (χ2n) is 6.51. The Bertz CT molecular complexity index is 958. The molecule has 1 aromatic heterocycles. The van der Waals surface area contributed by atoms with Crippen molar-refractivity contribution in [3.8, 4) is 11.6 Å². The van der Waals surface area contributed by atoms with E-state index in [0.29, 0.717) is 23.7 Å². The highest BCUT2D eigenvalue weighted by Crippen LogP contribution is 2.24. The lowest BCUT2D eigenvalue weighted by Crippen LogP contribution is -2.16. The third kappa shape index (κ3) is 5.37. The van der Waals surface area contributed by atoms with Gasteiger partial charge in [-0.05, 0) is 60.8 Å². The minimum Gasteiger partial charge on any atom is -0.439 e. The first-order valence-electron chi connectivity index (χ1n) is 8.99. The molecule has 0 radical (unpaired) electrons. The number of nitrogens with two attached hydrogens (primary N) is 1. The molecule has 0 aliphatic carbocycles. The molecule has 3 rings (SSSR count). The van der Waals surface area contributed by atoms with E-state index in [1.165, 1.54) is 12.3 Å². The van der Waals surface area contributed by atoms with Crippen LogP contribution in [0.3, 0.4) is 0 Å². The van der Waals surface area contributed by atoms with Gasteiger partial charge in [-0.1, -0.05) is 24.3 Å². The second-order valence-corrected chi connectivity index (χ2v) is 6.51. The summed E-state index contributed by atoms with van der Waals surface area (Å²) >= 11 is 0. The van der Waals surface area contributed by atoms with Crippen LogP contribution in [0.4, 0.5) is 4.39 Å². The van der Waals surface area contributed by atoms with Gasteiger partial charge in [0.2, 0.25) is 11.8 Å². The van der Waals surface area contributed by atoms with Gasteiger partial charge in [-0.2, -0.15) is 0 Å². The zero-order valence-electron chi connectivity index (χ0n) is 15.6. The number of carbonyl (C=O) groups excluding carboxylic acids is 1. The highest BCUT2D eigenvalue weighted by Gasteiger charge is 2.06. The minimum absolute atomic E-state index is 0.206. The van der Waals surface area contributed by atoms with Gasteiger partial charge in [0.05, 0.1) is 5.56 Å².